The van der Waals surface area contributed by atoms with Gasteiger partial charge in [-0.05, 0) is 50.9 Å². The van der Waals surface area contributed by atoms with Crippen molar-refractivity contribution in [2.75, 3.05) is 6.54 Å². The Labute approximate surface area is 120 Å². The Morgan fingerprint density at radius 2 is 2.20 bits per heavy atom. The number of rotatable bonds is 7. The van der Waals surface area contributed by atoms with Crippen molar-refractivity contribution in [3.63, 3.8) is 0 Å². The van der Waals surface area contributed by atoms with Gasteiger partial charge in [0.1, 0.15) is 5.65 Å². The van der Waals surface area contributed by atoms with Gasteiger partial charge >= 0.3 is 0 Å². The summed E-state index contributed by atoms with van der Waals surface area (Å²) in [6, 6.07) is 4.10. The molecule has 2 aromatic heterocycles. The topological polar surface area (TPSA) is 50.1 Å². The van der Waals surface area contributed by atoms with E-state index in [0.717, 1.165) is 38.1 Å². The van der Waals surface area contributed by atoms with Crippen molar-refractivity contribution in [2.45, 2.75) is 52.3 Å². The van der Waals surface area contributed by atoms with E-state index in [9.17, 15) is 5.11 Å². The SMILES string of the molecule is CCCNCc1cn(CCC(C)(C)O)c2ncccc12. The molecule has 0 radical (unpaired) electrons. The van der Waals surface area contributed by atoms with Crippen LogP contribution >= 0.6 is 0 Å². The molecule has 110 valence electrons. The fraction of sp³-hybridized carbons (Fsp3) is 0.562. The van der Waals surface area contributed by atoms with E-state index in [2.05, 4.69) is 34.1 Å². The van der Waals surface area contributed by atoms with Crippen molar-refractivity contribution in [1.29, 1.82) is 0 Å². The third kappa shape index (κ3) is 3.81. The van der Waals surface area contributed by atoms with E-state index in [-0.39, 0.29) is 0 Å². The Kier molecular flexibility index (Phi) is 4.78. The standard InChI is InChI=1S/C16H25N3O/c1-4-8-17-11-13-12-19(10-7-16(2,3)20)15-14(13)6-5-9-18-15/h5-6,9,12,17,20H,4,7-8,10-11H2,1-3H3. The number of nitrogens with one attached hydrogen (secondary N) is 1. The molecule has 0 fully saturated rings. The Balaban J connectivity index is 2.21. The van der Waals surface area contributed by atoms with Gasteiger partial charge in [0.15, 0.2) is 0 Å². The van der Waals surface area contributed by atoms with E-state index in [0.29, 0.717) is 0 Å². The van der Waals surface area contributed by atoms with E-state index < -0.39 is 5.60 Å². The molecular weight excluding hydrogens is 250 g/mol. The van der Waals surface area contributed by atoms with Gasteiger partial charge in [-0.25, -0.2) is 4.98 Å². The van der Waals surface area contributed by atoms with Gasteiger partial charge in [0.2, 0.25) is 0 Å². The normalized spacial score (nSPS) is 12.2. The lowest BCUT2D eigenvalue weighted by molar-refractivity contribution is 0.0665. The summed E-state index contributed by atoms with van der Waals surface area (Å²) < 4.78 is 2.15. The number of aliphatic hydroxyl groups is 1. The summed E-state index contributed by atoms with van der Waals surface area (Å²) in [5.74, 6) is 0. The van der Waals surface area contributed by atoms with E-state index in [1.807, 2.05) is 26.1 Å². The molecule has 0 aromatic carbocycles. The van der Waals surface area contributed by atoms with Crippen LogP contribution in [0.2, 0.25) is 0 Å². The van der Waals surface area contributed by atoms with Crippen molar-refractivity contribution in [3.05, 3.63) is 30.1 Å². The smallest absolute Gasteiger partial charge is 0.140 e. The molecule has 4 nitrogen and oxygen atoms in total. The van der Waals surface area contributed by atoms with Gasteiger partial charge in [-0.15, -0.1) is 0 Å². The van der Waals surface area contributed by atoms with Crippen LogP contribution in [0.1, 0.15) is 39.2 Å². The third-order valence-corrected chi connectivity index (χ3v) is 3.42. The molecule has 2 aromatic rings. The van der Waals surface area contributed by atoms with Crippen LogP contribution in [0, 0.1) is 0 Å². The number of pyridine rings is 1. The Hall–Kier alpha value is -1.39. The molecule has 0 saturated carbocycles. The van der Waals surface area contributed by atoms with Crippen LogP contribution in [0.3, 0.4) is 0 Å². The monoisotopic (exact) mass is 275 g/mol. The lowest BCUT2D eigenvalue weighted by Gasteiger charge is -2.17. The molecule has 0 aliphatic rings. The van der Waals surface area contributed by atoms with E-state index in [1.54, 1.807) is 0 Å². The number of aryl methyl sites for hydroxylation is 1. The van der Waals surface area contributed by atoms with Crippen molar-refractivity contribution in [3.8, 4) is 0 Å². The number of aromatic nitrogens is 2. The molecule has 0 aliphatic carbocycles. The number of hydrogen-bond donors (Lipinski definition) is 2. The Morgan fingerprint density at radius 1 is 1.40 bits per heavy atom. The summed E-state index contributed by atoms with van der Waals surface area (Å²) in [6.07, 6.45) is 5.84. The Morgan fingerprint density at radius 3 is 2.90 bits per heavy atom. The fourth-order valence-electron chi connectivity index (χ4n) is 2.30. The van der Waals surface area contributed by atoms with Gasteiger partial charge in [-0.2, -0.15) is 0 Å². The summed E-state index contributed by atoms with van der Waals surface area (Å²) in [6.45, 7) is 8.53. The first-order chi connectivity index (χ1) is 9.51. The molecule has 0 atom stereocenters. The van der Waals surface area contributed by atoms with Crippen molar-refractivity contribution in [1.82, 2.24) is 14.9 Å². The maximum absolute atomic E-state index is 9.89. The van der Waals surface area contributed by atoms with Gasteiger partial charge in [0.05, 0.1) is 5.60 Å². The number of nitrogens with zero attached hydrogens (tertiary/aromatic N) is 2. The van der Waals surface area contributed by atoms with Crippen LogP contribution in [0.15, 0.2) is 24.5 Å². The molecule has 0 amide bonds. The molecule has 0 aliphatic heterocycles. The average Bonchev–Trinajstić information content (AvgIpc) is 2.75. The fourth-order valence-corrected chi connectivity index (χ4v) is 2.30. The summed E-state index contributed by atoms with van der Waals surface area (Å²) in [5, 5.41) is 14.5. The van der Waals surface area contributed by atoms with Gasteiger partial charge in [0.25, 0.3) is 0 Å². The van der Waals surface area contributed by atoms with Crippen LogP contribution in [0.25, 0.3) is 11.0 Å². The van der Waals surface area contributed by atoms with E-state index in [4.69, 9.17) is 0 Å². The highest BCUT2D eigenvalue weighted by Crippen LogP contribution is 2.21. The summed E-state index contributed by atoms with van der Waals surface area (Å²) in [7, 11) is 0. The molecule has 0 spiro atoms. The number of hydrogen-bond acceptors (Lipinski definition) is 3. The lowest BCUT2D eigenvalue weighted by atomic mass is 10.1. The predicted octanol–water partition coefficient (Wildman–Crippen LogP) is 2.70. The summed E-state index contributed by atoms with van der Waals surface area (Å²) in [4.78, 5) is 4.48. The molecular formula is C16H25N3O. The second-order valence-corrected chi connectivity index (χ2v) is 5.96. The van der Waals surface area contributed by atoms with Gasteiger partial charge in [-0.1, -0.05) is 6.92 Å². The minimum atomic E-state index is -0.647. The van der Waals surface area contributed by atoms with Crippen molar-refractivity contribution in [2.24, 2.45) is 0 Å². The van der Waals surface area contributed by atoms with Crippen LogP contribution in [0.5, 0.6) is 0 Å². The molecule has 0 bridgehead atoms. The van der Waals surface area contributed by atoms with Gasteiger partial charge in [0, 0.05) is 30.9 Å². The first-order valence-corrected chi connectivity index (χ1v) is 7.37. The average molecular weight is 275 g/mol. The van der Waals surface area contributed by atoms with Crippen LogP contribution in [-0.4, -0.2) is 26.8 Å². The second-order valence-electron chi connectivity index (χ2n) is 5.96. The summed E-state index contributed by atoms with van der Waals surface area (Å²) in [5.41, 5.74) is 1.63. The highest BCUT2D eigenvalue weighted by molar-refractivity contribution is 5.80. The molecule has 4 heteroatoms. The largest absolute Gasteiger partial charge is 0.390 e. The molecule has 2 N–H and O–H groups in total. The highest BCUT2D eigenvalue weighted by atomic mass is 16.3. The zero-order valence-electron chi connectivity index (χ0n) is 12.7. The van der Waals surface area contributed by atoms with Crippen molar-refractivity contribution >= 4 is 11.0 Å². The summed E-state index contributed by atoms with van der Waals surface area (Å²) >= 11 is 0. The molecule has 0 unspecified atom stereocenters. The van der Waals surface area contributed by atoms with Crippen LogP contribution < -0.4 is 5.32 Å². The highest BCUT2D eigenvalue weighted by Gasteiger charge is 2.14. The van der Waals surface area contributed by atoms with Gasteiger partial charge in [-0.3, -0.25) is 0 Å². The van der Waals surface area contributed by atoms with E-state index >= 15 is 0 Å². The first-order valence-electron chi connectivity index (χ1n) is 7.37. The third-order valence-electron chi connectivity index (χ3n) is 3.42. The maximum Gasteiger partial charge on any atom is 0.140 e. The van der Waals surface area contributed by atoms with Crippen molar-refractivity contribution < 1.29 is 5.11 Å². The number of fused-ring (bicyclic) bond motifs is 1. The minimum absolute atomic E-state index is 0.647. The van der Waals surface area contributed by atoms with Gasteiger partial charge < -0.3 is 15.0 Å². The molecule has 0 saturated heterocycles. The van der Waals surface area contributed by atoms with Crippen LogP contribution in [0.4, 0.5) is 0 Å². The Bertz CT molecular complexity index is 554. The molecule has 20 heavy (non-hydrogen) atoms. The maximum atomic E-state index is 9.89. The van der Waals surface area contributed by atoms with Crippen LogP contribution in [-0.2, 0) is 13.1 Å². The van der Waals surface area contributed by atoms with E-state index in [1.165, 1.54) is 10.9 Å². The lowest BCUT2D eigenvalue weighted by Crippen LogP contribution is -2.21. The molecule has 2 rings (SSSR count). The quantitative estimate of drug-likeness (QED) is 0.764. The predicted molar refractivity (Wildman–Crippen MR) is 82.6 cm³/mol. The minimum Gasteiger partial charge on any atom is -0.390 e. The second kappa shape index (κ2) is 6.37. The zero-order valence-corrected chi connectivity index (χ0v) is 12.7. The zero-order chi connectivity index (χ0) is 14.6. The molecule has 2 heterocycles. The first kappa shape index (κ1) is 15.0.